The standard InChI is InChI=1S/C19H20N6O3/c26-18(15-5-2-8-24(11-15)19(27)16-6-3-9-28-16)22-10-14-4-1-7-21-17(14)25-13-20-12-23-25/h1,3-4,6-7,9,12-13,15H,2,5,8,10-11H2,(H,22,26). The minimum Gasteiger partial charge on any atom is -0.459 e. The average molecular weight is 380 g/mol. The molecule has 144 valence electrons. The van der Waals surface area contributed by atoms with Crippen molar-refractivity contribution in [3.63, 3.8) is 0 Å². The first-order valence-electron chi connectivity index (χ1n) is 9.12. The summed E-state index contributed by atoms with van der Waals surface area (Å²) in [5.74, 6) is 0.417. The Morgan fingerprint density at radius 1 is 1.29 bits per heavy atom. The summed E-state index contributed by atoms with van der Waals surface area (Å²) < 4.78 is 6.75. The van der Waals surface area contributed by atoms with E-state index in [0.717, 1.165) is 18.4 Å². The molecule has 0 spiro atoms. The number of likely N-dealkylation sites (tertiary alicyclic amines) is 1. The van der Waals surface area contributed by atoms with Crippen LogP contribution in [0.2, 0.25) is 0 Å². The summed E-state index contributed by atoms with van der Waals surface area (Å²) in [4.78, 5) is 35.1. The van der Waals surface area contributed by atoms with Gasteiger partial charge in [-0.25, -0.2) is 14.6 Å². The SMILES string of the molecule is O=C(NCc1cccnc1-n1cncn1)C1CCCN(C(=O)c2ccco2)C1. The van der Waals surface area contributed by atoms with Crippen molar-refractivity contribution in [3.05, 3.63) is 60.7 Å². The van der Waals surface area contributed by atoms with Gasteiger partial charge in [0, 0.05) is 31.4 Å². The lowest BCUT2D eigenvalue weighted by Gasteiger charge is -2.31. The molecule has 4 rings (SSSR count). The third kappa shape index (κ3) is 3.78. The predicted octanol–water partition coefficient (Wildman–Crippen LogP) is 1.42. The van der Waals surface area contributed by atoms with Crippen molar-refractivity contribution in [2.45, 2.75) is 19.4 Å². The molecular formula is C19H20N6O3. The number of aromatic nitrogens is 4. The van der Waals surface area contributed by atoms with E-state index in [1.165, 1.54) is 12.6 Å². The first-order chi connectivity index (χ1) is 13.7. The van der Waals surface area contributed by atoms with Gasteiger partial charge in [0.05, 0.1) is 12.2 Å². The number of rotatable bonds is 5. The van der Waals surface area contributed by atoms with Gasteiger partial charge in [-0.05, 0) is 31.0 Å². The van der Waals surface area contributed by atoms with E-state index in [0.29, 0.717) is 31.2 Å². The summed E-state index contributed by atoms with van der Waals surface area (Å²) in [5, 5.41) is 7.06. The summed E-state index contributed by atoms with van der Waals surface area (Å²) in [6.45, 7) is 1.33. The predicted molar refractivity (Wildman–Crippen MR) is 98.3 cm³/mol. The van der Waals surface area contributed by atoms with E-state index in [2.05, 4.69) is 20.4 Å². The summed E-state index contributed by atoms with van der Waals surface area (Å²) in [7, 11) is 0. The lowest BCUT2D eigenvalue weighted by Crippen LogP contribution is -2.45. The number of nitrogens with zero attached hydrogens (tertiary/aromatic N) is 5. The fourth-order valence-electron chi connectivity index (χ4n) is 3.35. The number of amides is 2. The lowest BCUT2D eigenvalue weighted by atomic mass is 9.97. The van der Waals surface area contributed by atoms with Crippen molar-refractivity contribution < 1.29 is 14.0 Å². The normalized spacial score (nSPS) is 16.7. The smallest absolute Gasteiger partial charge is 0.289 e. The fourth-order valence-corrected chi connectivity index (χ4v) is 3.35. The van der Waals surface area contributed by atoms with Crippen molar-refractivity contribution >= 4 is 11.8 Å². The zero-order valence-corrected chi connectivity index (χ0v) is 15.2. The van der Waals surface area contributed by atoms with Crippen LogP contribution in [-0.4, -0.2) is 49.6 Å². The number of pyridine rings is 1. The fraction of sp³-hybridized carbons (Fsp3) is 0.316. The van der Waals surface area contributed by atoms with Crippen LogP contribution in [0.1, 0.15) is 29.0 Å². The van der Waals surface area contributed by atoms with Crippen LogP contribution in [0, 0.1) is 5.92 Å². The minimum absolute atomic E-state index is 0.0784. The average Bonchev–Trinajstić information content (AvgIpc) is 3.46. The Labute approximate surface area is 161 Å². The molecule has 1 saturated heterocycles. The maximum absolute atomic E-state index is 12.7. The van der Waals surface area contributed by atoms with E-state index in [4.69, 9.17) is 4.42 Å². The molecule has 0 bridgehead atoms. The molecule has 9 heteroatoms. The third-order valence-corrected chi connectivity index (χ3v) is 4.77. The Hall–Kier alpha value is -3.49. The molecule has 1 fully saturated rings. The van der Waals surface area contributed by atoms with Crippen molar-refractivity contribution in [1.29, 1.82) is 0 Å². The quantitative estimate of drug-likeness (QED) is 0.718. The number of piperidine rings is 1. The van der Waals surface area contributed by atoms with Crippen LogP contribution in [-0.2, 0) is 11.3 Å². The molecule has 1 N–H and O–H groups in total. The van der Waals surface area contributed by atoms with Crippen LogP contribution in [0.5, 0.6) is 0 Å². The number of hydrogen-bond acceptors (Lipinski definition) is 6. The summed E-state index contributed by atoms with van der Waals surface area (Å²) >= 11 is 0. The number of furan rings is 1. The first-order valence-corrected chi connectivity index (χ1v) is 9.12. The number of nitrogens with one attached hydrogen (secondary N) is 1. The molecule has 3 aromatic heterocycles. The molecule has 1 aliphatic rings. The summed E-state index contributed by atoms with van der Waals surface area (Å²) in [5.41, 5.74) is 0.834. The van der Waals surface area contributed by atoms with Gasteiger partial charge in [0.2, 0.25) is 5.91 Å². The molecule has 3 aromatic rings. The van der Waals surface area contributed by atoms with Gasteiger partial charge in [-0.1, -0.05) is 6.07 Å². The molecule has 0 aliphatic carbocycles. The highest BCUT2D eigenvalue weighted by molar-refractivity contribution is 5.92. The van der Waals surface area contributed by atoms with Crippen molar-refractivity contribution in [2.75, 3.05) is 13.1 Å². The van der Waals surface area contributed by atoms with Crippen LogP contribution in [0.15, 0.2) is 53.8 Å². The third-order valence-electron chi connectivity index (χ3n) is 4.77. The molecule has 2 amide bonds. The van der Waals surface area contributed by atoms with Gasteiger partial charge in [0.25, 0.3) is 5.91 Å². The molecule has 9 nitrogen and oxygen atoms in total. The number of carbonyl (C=O) groups is 2. The largest absolute Gasteiger partial charge is 0.459 e. The molecule has 1 aliphatic heterocycles. The molecule has 0 aromatic carbocycles. The van der Waals surface area contributed by atoms with E-state index in [9.17, 15) is 9.59 Å². The van der Waals surface area contributed by atoms with E-state index in [1.807, 2.05) is 12.1 Å². The van der Waals surface area contributed by atoms with E-state index in [-0.39, 0.29) is 17.7 Å². The van der Waals surface area contributed by atoms with Crippen LogP contribution in [0.3, 0.4) is 0 Å². The van der Waals surface area contributed by atoms with Crippen molar-refractivity contribution in [1.82, 2.24) is 30.0 Å². The van der Waals surface area contributed by atoms with Gasteiger partial charge in [0.1, 0.15) is 12.7 Å². The van der Waals surface area contributed by atoms with Crippen molar-refractivity contribution in [3.8, 4) is 5.82 Å². The van der Waals surface area contributed by atoms with Gasteiger partial charge in [-0.3, -0.25) is 9.59 Å². The zero-order chi connectivity index (χ0) is 19.3. The highest BCUT2D eigenvalue weighted by atomic mass is 16.3. The van der Waals surface area contributed by atoms with E-state index < -0.39 is 0 Å². The van der Waals surface area contributed by atoms with Gasteiger partial charge >= 0.3 is 0 Å². The summed E-state index contributed by atoms with van der Waals surface area (Å²) in [6, 6.07) is 7.02. The second-order valence-corrected chi connectivity index (χ2v) is 6.61. The van der Waals surface area contributed by atoms with Crippen LogP contribution < -0.4 is 5.32 Å². The van der Waals surface area contributed by atoms with Gasteiger partial charge < -0.3 is 14.6 Å². The molecule has 0 saturated carbocycles. The van der Waals surface area contributed by atoms with Gasteiger partial charge in [-0.2, -0.15) is 5.10 Å². The van der Waals surface area contributed by atoms with Crippen LogP contribution in [0.4, 0.5) is 0 Å². The second kappa shape index (κ2) is 8.03. The van der Waals surface area contributed by atoms with Crippen molar-refractivity contribution in [2.24, 2.45) is 5.92 Å². The van der Waals surface area contributed by atoms with Crippen LogP contribution >= 0.6 is 0 Å². The lowest BCUT2D eigenvalue weighted by molar-refractivity contribution is -0.126. The molecule has 28 heavy (non-hydrogen) atoms. The summed E-state index contributed by atoms with van der Waals surface area (Å²) in [6.07, 6.45) is 7.67. The maximum atomic E-state index is 12.7. The zero-order valence-electron chi connectivity index (χ0n) is 15.2. The van der Waals surface area contributed by atoms with Gasteiger partial charge in [-0.15, -0.1) is 0 Å². The maximum Gasteiger partial charge on any atom is 0.289 e. The molecule has 4 heterocycles. The Morgan fingerprint density at radius 2 is 2.21 bits per heavy atom. The minimum atomic E-state index is -0.251. The highest BCUT2D eigenvalue weighted by Gasteiger charge is 2.29. The molecule has 1 unspecified atom stereocenters. The van der Waals surface area contributed by atoms with E-state index >= 15 is 0 Å². The van der Waals surface area contributed by atoms with Crippen LogP contribution in [0.25, 0.3) is 5.82 Å². The monoisotopic (exact) mass is 380 g/mol. The Kier molecular flexibility index (Phi) is 5.14. The topological polar surface area (TPSA) is 106 Å². The molecular weight excluding hydrogens is 360 g/mol. The Bertz CT molecular complexity index is 939. The Balaban J connectivity index is 1.39. The Morgan fingerprint density at radius 3 is 3.00 bits per heavy atom. The number of carbonyl (C=O) groups excluding carboxylic acids is 2. The highest BCUT2D eigenvalue weighted by Crippen LogP contribution is 2.19. The molecule has 1 atom stereocenters. The second-order valence-electron chi connectivity index (χ2n) is 6.61. The number of hydrogen-bond donors (Lipinski definition) is 1. The first kappa shape index (κ1) is 17.9. The molecule has 0 radical (unpaired) electrons. The van der Waals surface area contributed by atoms with E-state index in [1.54, 1.807) is 34.2 Å². The van der Waals surface area contributed by atoms with Gasteiger partial charge in [0.15, 0.2) is 11.6 Å².